The minimum Gasteiger partial charge on any atom is -0.492 e. The Balaban J connectivity index is 1.83. The summed E-state index contributed by atoms with van der Waals surface area (Å²) >= 11 is 0. The molecule has 2 fully saturated rings. The molecule has 1 N–H and O–H groups in total. The van der Waals surface area contributed by atoms with Crippen molar-refractivity contribution in [3.63, 3.8) is 0 Å². The largest absolute Gasteiger partial charge is 0.492 e. The van der Waals surface area contributed by atoms with E-state index in [1.165, 1.54) is 13.3 Å². The number of fused-ring (bicyclic) bond motifs is 1. The van der Waals surface area contributed by atoms with Crippen LogP contribution in [0, 0.1) is 17.1 Å². The van der Waals surface area contributed by atoms with Gasteiger partial charge in [-0.1, -0.05) is 0 Å². The number of aromatic nitrogens is 1. The number of rotatable bonds is 7. The van der Waals surface area contributed by atoms with Crippen LogP contribution in [-0.4, -0.2) is 60.4 Å². The van der Waals surface area contributed by atoms with Crippen LogP contribution in [-0.2, 0) is 0 Å². The summed E-state index contributed by atoms with van der Waals surface area (Å²) in [7, 11) is 3.40. The number of hydrogen-bond acceptors (Lipinski definition) is 6. The highest BCUT2D eigenvalue weighted by Crippen LogP contribution is 2.44. The van der Waals surface area contributed by atoms with Crippen LogP contribution in [0.3, 0.4) is 0 Å². The van der Waals surface area contributed by atoms with Crippen molar-refractivity contribution < 1.29 is 19.0 Å². The molecule has 2 heterocycles. The van der Waals surface area contributed by atoms with Crippen LogP contribution in [0.2, 0.25) is 0 Å². The Hall–Kier alpha value is -3.12. The van der Waals surface area contributed by atoms with Crippen LogP contribution in [0.15, 0.2) is 17.1 Å². The lowest BCUT2D eigenvalue weighted by atomic mass is 10.1. The SMILES string of the molecule is COc1c(N2CCC(N(C)CCC#N)C2)c(F)cc2c(=O)c(C(=O)O)cn(C3CC3)c12. The van der Waals surface area contributed by atoms with Gasteiger partial charge >= 0.3 is 5.97 Å². The van der Waals surface area contributed by atoms with Crippen LogP contribution in [0.5, 0.6) is 5.75 Å². The van der Waals surface area contributed by atoms with Crippen LogP contribution in [0.1, 0.15) is 42.1 Å². The number of halogens is 1. The maximum Gasteiger partial charge on any atom is 0.341 e. The third-order valence-electron chi connectivity index (χ3n) is 6.25. The predicted octanol–water partition coefficient (Wildman–Crippen LogP) is 2.61. The molecule has 164 valence electrons. The predicted molar refractivity (Wildman–Crippen MR) is 113 cm³/mol. The number of nitriles is 1. The van der Waals surface area contributed by atoms with E-state index >= 15 is 4.39 Å². The molecule has 1 saturated heterocycles. The number of pyridine rings is 1. The monoisotopic (exact) mass is 428 g/mol. The standard InChI is InChI=1S/C22H25FN4O4/c1-25(8-3-7-24)14-6-9-26(11-14)19-17(23)10-15-18(21(19)31-2)27(13-4-5-13)12-16(20(15)28)22(29)30/h10,12-14H,3-6,8-9,11H2,1-2H3,(H,29,30). The minimum absolute atomic E-state index is 0.0202. The summed E-state index contributed by atoms with van der Waals surface area (Å²) in [6.45, 7) is 1.83. The van der Waals surface area contributed by atoms with Crippen molar-refractivity contribution in [1.82, 2.24) is 9.47 Å². The number of methoxy groups -OCH3 is 1. The first-order valence-corrected chi connectivity index (χ1v) is 10.4. The molecule has 0 radical (unpaired) electrons. The number of nitrogens with zero attached hydrogens (tertiary/aromatic N) is 4. The molecule has 2 aromatic rings. The van der Waals surface area contributed by atoms with E-state index in [1.54, 1.807) is 4.57 Å². The second kappa shape index (κ2) is 8.19. The number of benzene rings is 1. The van der Waals surface area contributed by atoms with Gasteiger partial charge in [-0.25, -0.2) is 9.18 Å². The minimum atomic E-state index is -1.33. The molecule has 1 aromatic carbocycles. The van der Waals surface area contributed by atoms with Crippen LogP contribution >= 0.6 is 0 Å². The lowest BCUT2D eigenvalue weighted by molar-refractivity contribution is 0.0695. The Morgan fingerprint density at radius 1 is 1.42 bits per heavy atom. The molecule has 0 spiro atoms. The number of anilines is 1. The number of likely N-dealkylation sites (N-methyl/N-ethyl adjacent to an activating group) is 1. The summed E-state index contributed by atoms with van der Waals surface area (Å²) in [4.78, 5) is 28.4. The lowest BCUT2D eigenvalue weighted by Crippen LogP contribution is -2.35. The molecule has 0 bridgehead atoms. The third kappa shape index (κ3) is 3.72. The van der Waals surface area contributed by atoms with Crippen molar-refractivity contribution >= 4 is 22.6 Å². The number of ether oxygens (including phenoxy) is 1. The Morgan fingerprint density at radius 3 is 2.77 bits per heavy atom. The molecule has 8 nitrogen and oxygen atoms in total. The van der Waals surface area contributed by atoms with Gasteiger partial charge in [0.25, 0.3) is 0 Å². The molecule has 2 aliphatic rings. The van der Waals surface area contributed by atoms with Gasteiger partial charge in [0, 0.05) is 44.3 Å². The van der Waals surface area contributed by atoms with Crippen molar-refractivity contribution in [2.24, 2.45) is 0 Å². The van der Waals surface area contributed by atoms with Gasteiger partial charge in [0.1, 0.15) is 11.3 Å². The average Bonchev–Trinajstić information content (AvgIpc) is 3.47. The Kier molecular flexibility index (Phi) is 5.58. The molecule has 1 aromatic heterocycles. The van der Waals surface area contributed by atoms with Crippen molar-refractivity contribution in [2.45, 2.75) is 37.8 Å². The van der Waals surface area contributed by atoms with Crippen molar-refractivity contribution in [1.29, 1.82) is 5.26 Å². The van der Waals surface area contributed by atoms with E-state index in [2.05, 4.69) is 11.0 Å². The quantitative estimate of drug-likeness (QED) is 0.724. The van der Waals surface area contributed by atoms with Crippen molar-refractivity contribution in [2.75, 3.05) is 38.7 Å². The smallest absolute Gasteiger partial charge is 0.341 e. The maximum atomic E-state index is 15.3. The zero-order valence-corrected chi connectivity index (χ0v) is 17.6. The molecule has 4 rings (SSSR count). The fraction of sp³-hybridized carbons (Fsp3) is 0.500. The maximum absolute atomic E-state index is 15.3. The second-order valence-electron chi connectivity index (χ2n) is 8.23. The van der Waals surface area contributed by atoms with Gasteiger partial charge in [-0.2, -0.15) is 5.26 Å². The zero-order chi connectivity index (χ0) is 22.3. The molecular weight excluding hydrogens is 403 g/mol. The number of aromatic carboxylic acids is 1. The summed E-state index contributed by atoms with van der Waals surface area (Å²) in [6, 6.07) is 3.53. The van der Waals surface area contributed by atoms with Gasteiger partial charge in [0.05, 0.1) is 24.1 Å². The number of carboxylic acids is 1. The average molecular weight is 428 g/mol. The van der Waals surface area contributed by atoms with Gasteiger partial charge in [-0.05, 0) is 32.4 Å². The summed E-state index contributed by atoms with van der Waals surface area (Å²) in [5, 5.41) is 18.3. The number of carboxylic acid groups (broad SMARTS) is 1. The number of hydrogen-bond donors (Lipinski definition) is 1. The molecular formula is C22H25FN4O4. The van der Waals surface area contributed by atoms with Gasteiger partial charge in [0.2, 0.25) is 5.43 Å². The van der Waals surface area contributed by atoms with E-state index in [0.717, 1.165) is 25.3 Å². The Morgan fingerprint density at radius 2 is 2.16 bits per heavy atom. The van der Waals surface area contributed by atoms with Crippen molar-refractivity contribution in [3.8, 4) is 11.8 Å². The summed E-state index contributed by atoms with van der Waals surface area (Å²) in [5.41, 5.74) is -0.339. The van der Waals surface area contributed by atoms with Crippen molar-refractivity contribution in [3.05, 3.63) is 33.9 Å². The fourth-order valence-electron chi connectivity index (χ4n) is 4.44. The molecule has 1 atom stereocenters. The molecule has 9 heteroatoms. The van der Waals surface area contributed by atoms with Gasteiger partial charge < -0.3 is 24.2 Å². The first kappa shape index (κ1) is 21.1. The summed E-state index contributed by atoms with van der Waals surface area (Å²) in [6.07, 6.45) is 4.33. The molecule has 1 saturated carbocycles. The fourth-order valence-corrected chi connectivity index (χ4v) is 4.44. The van der Waals surface area contributed by atoms with Crippen LogP contribution < -0.4 is 15.1 Å². The Bertz CT molecular complexity index is 1140. The zero-order valence-electron chi connectivity index (χ0n) is 17.6. The lowest BCUT2D eigenvalue weighted by Gasteiger charge is -2.27. The van der Waals surface area contributed by atoms with Crippen LogP contribution in [0.25, 0.3) is 10.9 Å². The van der Waals surface area contributed by atoms with E-state index in [0.29, 0.717) is 37.3 Å². The van der Waals surface area contributed by atoms with E-state index in [4.69, 9.17) is 10.00 Å². The second-order valence-corrected chi connectivity index (χ2v) is 8.23. The van der Waals surface area contributed by atoms with E-state index in [-0.39, 0.29) is 28.8 Å². The van der Waals surface area contributed by atoms with E-state index in [9.17, 15) is 14.7 Å². The topological polar surface area (TPSA) is 98.8 Å². The Labute approximate surface area is 179 Å². The summed E-state index contributed by atoms with van der Waals surface area (Å²) < 4.78 is 22.7. The first-order chi connectivity index (χ1) is 14.9. The van der Waals surface area contributed by atoms with Gasteiger partial charge in [-0.3, -0.25) is 4.79 Å². The highest BCUT2D eigenvalue weighted by Gasteiger charge is 2.34. The molecule has 0 amide bonds. The van der Waals surface area contributed by atoms with E-state index in [1.807, 2.05) is 11.9 Å². The number of carbonyl (C=O) groups is 1. The molecule has 1 aliphatic heterocycles. The molecule has 1 unspecified atom stereocenters. The highest BCUT2D eigenvalue weighted by atomic mass is 19.1. The first-order valence-electron chi connectivity index (χ1n) is 10.4. The van der Waals surface area contributed by atoms with Gasteiger partial charge in [0.15, 0.2) is 11.6 Å². The normalized spacial score (nSPS) is 18.5. The third-order valence-corrected chi connectivity index (χ3v) is 6.25. The molecule has 1 aliphatic carbocycles. The van der Waals surface area contributed by atoms with E-state index < -0.39 is 17.2 Å². The van der Waals surface area contributed by atoms with Gasteiger partial charge in [-0.15, -0.1) is 0 Å². The van der Waals surface area contributed by atoms with Crippen LogP contribution in [0.4, 0.5) is 10.1 Å². The highest BCUT2D eigenvalue weighted by molar-refractivity contribution is 5.97. The molecule has 31 heavy (non-hydrogen) atoms. The summed E-state index contributed by atoms with van der Waals surface area (Å²) in [5.74, 6) is -1.67.